The molecule has 0 aliphatic carbocycles. The summed E-state index contributed by atoms with van der Waals surface area (Å²) in [7, 11) is 0. The van der Waals surface area contributed by atoms with Crippen LogP contribution >= 0.6 is 11.6 Å². The van der Waals surface area contributed by atoms with Gasteiger partial charge in [0.2, 0.25) is 5.43 Å². The van der Waals surface area contributed by atoms with Gasteiger partial charge < -0.3 is 9.88 Å². The van der Waals surface area contributed by atoms with E-state index in [0.29, 0.717) is 10.4 Å². The fraction of sp³-hybridized carbons (Fsp3) is 0.200. The smallest absolute Gasteiger partial charge is 0.257 e. The lowest BCUT2D eigenvalue weighted by Crippen LogP contribution is -2.29. The van der Waals surface area contributed by atoms with Crippen LogP contribution in [0.1, 0.15) is 34.5 Å². The topological polar surface area (TPSA) is 51.1 Å². The lowest BCUT2D eigenvalue weighted by molar-refractivity contribution is 0.0949. The summed E-state index contributed by atoms with van der Waals surface area (Å²) in [5.74, 6) is -0.375. The monoisotopic (exact) mass is 352 g/mol. The standard InChI is InChI=1S/C20H17ClN2O2/c1-12-9-13-6-4-7-15-18(13)23(12)11-16(19(15)24)20(25)22-10-14-5-2-3-8-17(14)21/h2-8,11-12H,9-10H2,1H3,(H,22,25)/t12-/m0/s1. The van der Waals surface area contributed by atoms with Crippen LogP contribution in [0.25, 0.3) is 10.9 Å². The summed E-state index contributed by atoms with van der Waals surface area (Å²) >= 11 is 6.12. The van der Waals surface area contributed by atoms with Crippen LogP contribution in [0.2, 0.25) is 5.02 Å². The summed E-state index contributed by atoms with van der Waals surface area (Å²) in [6.07, 6.45) is 2.56. The summed E-state index contributed by atoms with van der Waals surface area (Å²) < 4.78 is 2.04. The largest absolute Gasteiger partial charge is 0.348 e. The molecule has 0 fully saturated rings. The van der Waals surface area contributed by atoms with Crippen molar-refractivity contribution in [2.45, 2.75) is 25.9 Å². The number of halogens is 1. The molecular weight excluding hydrogens is 336 g/mol. The zero-order chi connectivity index (χ0) is 17.6. The maximum Gasteiger partial charge on any atom is 0.257 e. The molecule has 2 aromatic carbocycles. The molecule has 0 bridgehead atoms. The summed E-state index contributed by atoms with van der Waals surface area (Å²) in [5, 5.41) is 4.00. The van der Waals surface area contributed by atoms with Crippen molar-refractivity contribution in [3.05, 3.63) is 80.6 Å². The molecule has 4 nitrogen and oxygen atoms in total. The number of para-hydroxylation sites is 1. The number of nitrogens with one attached hydrogen (secondary N) is 1. The molecule has 126 valence electrons. The molecular formula is C20H17ClN2O2. The maximum atomic E-state index is 12.8. The number of hydrogen-bond donors (Lipinski definition) is 1. The van der Waals surface area contributed by atoms with Gasteiger partial charge in [-0.1, -0.05) is 41.9 Å². The molecule has 0 spiro atoms. The molecule has 5 heteroatoms. The zero-order valence-electron chi connectivity index (χ0n) is 13.8. The Balaban J connectivity index is 1.71. The minimum Gasteiger partial charge on any atom is -0.348 e. The molecule has 1 N–H and O–H groups in total. The van der Waals surface area contributed by atoms with E-state index >= 15 is 0 Å². The fourth-order valence-corrected chi connectivity index (χ4v) is 3.69. The van der Waals surface area contributed by atoms with E-state index in [2.05, 4.69) is 12.2 Å². The number of rotatable bonds is 3. The molecule has 1 aromatic heterocycles. The van der Waals surface area contributed by atoms with Crippen molar-refractivity contribution in [1.29, 1.82) is 0 Å². The van der Waals surface area contributed by atoms with Crippen LogP contribution in [0.15, 0.2) is 53.5 Å². The quantitative estimate of drug-likeness (QED) is 0.781. The minimum atomic E-state index is -0.375. The minimum absolute atomic E-state index is 0.172. The van der Waals surface area contributed by atoms with Gasteiger partial charge in [0.25, 0.3) is 5.91 Å². The first-order chi connectivity index (χ1) is 12.1. The Morgan fingerprint density at radius 1 is 1.24 bits per heavy atom. The first-order valence-corrected chi connectivity index (χ1v) is 8.62. The summed E-state index contributed by atoms with van der Waals surface area (Å²) in [4.78, 5) is 25.4. The van der Waals surface area contributed by atoms with Crippen LogP contribution < -0.4 is 10.7 Å². The Morgan fingerprint density at radius 3 is 2.84 bits per heavy atom. The number of aromatic nitrogens is 1. The van der Waals surface area contributed by atoms with Crippen molar-refractivity contribution in [2.24, 2.45) is 0 Å². The van der Waals surface area contributed by atoms with Crippen LogP contribution in [-0.2, 0) is 13.0 Å². The van der Waals surface area contributed by atoms with E-state index in [0.717, 1.165) is 23.1 Å². The molecule has 0 saturated carbocycles. The van der Waals surface area contributed by atoms with Crippen molar-refractivity contribution in [1.82, 2.24) is 9.88 Å². The van der Waals surface area contributed by atoms with Gasteiger partial charge >= 0.3 is 0 Å². The SMILES string of the molecule is C[C@H]1Cc2cccc3c(=O)c(C(=O)NCc4ccccc4Cl)cn1c23. The number of nitrogens with zero attached hydrogens (tertiary/aromatic N) is 1. The van der Waals surface area contributed by atoms with Crippen LogP contribution in [-0.4, -0.2) is 10.5 Å². The Morgan fingerprint density at radius 2 is 2.04 bits per heavy atom. The first-order valence-electron chi connectivity index (χ1n) is 8.24. The highest BCUT2D eigenvalue weighted by Crippen LogP contribution is 2.30. The van der Waals surface area contributed by atoms with E-state index in [4.69, 9.17) is 11.6 Å². The molecule has 4 rings (SSSR count). The lowest BCUT2D eigenvalue weighted by atomic mass is 10.1. The Labute approximate surface area is 150 Å². The summed E-state index contributed by atoms with van der Waals surface area (Å²) in [6, 6.07) is 13.3. The third-order valence-electron chi connectivity index (χ3n) is 4.77. The molecule has 2 heterocycles. The average molecular weight is 353 g/mol. The number of pyridine rings is 1. The van der Waals surface area contributed by atoms with Gasteiger partial charge in [-0.3, -0.25) is 9.59 Å². The molecule has 0 saturated heterocycles. The van der Waals surface area contributed by atoms with Gasteiger partial charge in [0.05, 0.1) is 5.52 Å². The maximum absolute atomic E-state index is 12.8. The highest BCUT2D eigenvalue weighted by Gasteiger charge is 2.24. The third kappa shape index (κ3) is 2.63. The second-order valence-electron chi connectivity index (χ2n) is 6.42. The molecule has 1 amide bonds. The van der Waals surface area contributed by atoms with Crippen molar-refractivity contribution >= 4 is 28.4 Å². The van der Waals surface area contributed by atoms with Crippen molar-refractivity contribution in [3.8, 4) is 0 Å². The second kappa shape index (κ2) is 6.05. The average Bonchev–Trinajstić information content (AvgIpc) is 2.93. The first kappa shape index (κ1) is 15.9. The predicted octanol–water partition coefficient (Wildman–Crippen LogP) is 3.70. The van der Waals surface area contributed by atoms with E-state index in [9.17, 15) is 9.59 Å². The van der Waals surface area contributed by atoms with Gasteiger partial charge in [0.1, 0.15) is 5.56 Å². The molecule has 1 aliphatic heterocycles. The van der Waals surface area contributed by atoms with Crippen molar-refractivity contribution < 1.29 is 4.79 Å². The van der Waals surface area contributed by atoms with E-state index in [-0.39, 0.29) is 29.5 Å². The fourth-order valence-electron chi connectivity index (χ4n) is 3.49. The van der Waals surface area contributed by atoms with Crippen LogP contribution in [0, 0.1) is 0 Å². The van der Waals surface area contributed by atoms with Crippen LogP contribution in [0.5, 0.6) is 0 Å². The van der Waals surface area contributed by atoms with Gasteiger partial charge in [-0.2, -0.15) is 0 Å². The lowest BCUT2D eigenvalue weighted by Gasteiger charge is -2.13. The molecule has 1 aliphatic rings. The van der Waals surface area contributed by atoms with Gasteiger partial charge in [-0.15, -0.1) is 0 Å². The molecule has 0 radical (unpaired) electrons. The molecule has 1 atom stereocenters. The van der Waals surface area contributed by atoms with E-state index in [1.54, 1.807) is 18.3 Å². The Kier molecular flexibility index (Phi) is 3.85. The molecule has 0 unspecified atom stereocenters. The number of amides is 1. The number of hydrogen-bond acceptors (Lipinski definition) is 2. The van der Waals surface area contributed by atoms with Crippen LogP contribution in [0.4, 0.5) is 0 Å². The zero-order valence-corrected chi connectivity index (χ0v) is 14.5. The number of benzene rings is 2. The van der Waals surface area contributed by atoms with Gasteiger partial charge in [0.15, 0.2) is 0 Å². The third-order valence-corrected chi connectivity index (χ3v) is 5.14. The second-order valence-corrected chi connectivity index (χ2v) is 6.83. The van der Waals surface area contributed by atoms with Crippen LogP contribution in [0.3, 0.4) is 0 Å². The Hall–Kier alpha value is -2.59. The molecule has 25 heavy (non-hydrogen) atoms. The Bertz CT molecular complexity index is 1060. The summed E-state index contributed by atoms with van der Waals surface area (Å²) in [6.45, 7) is 2.38. The van der Waals surface area contributed by atoms with E-state index < -0.39 is 0 Å². The predicted molar refractivity (Wildman–Crippen MR) is 99.2 cm³/mol. The van der Waals surface area contributed by atoms with E-state index in [1.807, 2.05) is 34.9 Å². The summed E-state index contributed by atoms with van der Waals surface area (Å²) in [5.41, 5.74) is 2.87. The number of carbonyl (C=O) groups excluding carboxylic acids is 1. The normalized spacial score (nSPS) is 15.5. The van der Waals surface area contributed by atoms with Crippen molar-refractivity contribution in [3.63, 3.8) is 0 Å². The van der Waals surface area contributed by atoms with Gasteiger partial charge in [-0.05, 0) is 36.6 Å². The molecule has 3 aromatic rings. The number of carbonyl (C=O) groups is 1. The van der Waals surface area contributed by atoms with Crippen molar-refractivity contribution in [2.75, 3.05) is 0 Å². The van der Waals surface area contributed by atoms with Gasteiger partial charge in [0, 0.05) is 29.2 Å². The highest BCUT2D eigenvalue weighted by atomic mass is 35.5. The van der Waals surface area contributed by atoms with E-state index in [1.165, 1.54) is 0 Å². The highest BCUT2D eigenvalue weighted by molar-refractivity contribution is 6.31. The van der Waals surface area contributed by atoms with Gasteiger partial charge in [-0.25, -0.2) is 0 Å².